The first-order valence-electron chi connectivity index (χ1n) is 1.58. The Hall–Kier alpha value is -0.770. The molecule has 0 aliphatic heterocycles. The van der Waals surface area contributed by atoms with Crippen molar-refractivity contribution in [2.75, 3.05) is 0 Å². The quantitative estimate of drug-likeness (QED) is 0.580. The molecule has 0 amide bonds. The molecule has 1 aromatic heterocycles. The smallest absolute Gasteiger partial charge is 0.275 e. The highest BCUT2D eigenvalue weighted by atomic mass is 35.5. The summed E-state index contributed by atoms with van der Waals surface area (Å²) >= 11 is 4.85. The van der Waals surface area contributed by atoms with E-state index in [0.29, 0.717) is 0 Å². The lowest BCUT2D eigenvalue weighted by Gasteiger charge is -1.77. The first-order chi connectivity index (χ1) is 3.43. The Morgan fingerprint density at radius 2 is 2.71 bits per heavy atom. The molecule has 0 atom stereocenters. The van der Waals surface area contributed by atoms with Crippen LogP contribution in [-0.2, 0) is 0 Å². The molecule has 0 saturated heterocycles. The normalized spacial score (nSPS) is 8.71. The second-order valence-electron chi connectivity index (χ2n) is 0.885. The lowest BCUT2D eigenvalue weighted by Crippen LogP contribution is -1.71. The predicted octanol–water partition coefficient (Wildman–Crippen LogP) is 0.337. The van der Waals surface area contributed by atoms with Crippen molar-refractivity contribution in [3.63, 3.8) is 0 Å². The number of nitrogens with zero attached hydrogens (tertiary/aromatic N) is 2. The molecule has 0 unspecified atom stereocenters. The van der Waals surface area contributed by atoms with Crippen LogP contribution in [0.1, 0.15) is 0 Å². The Kier molecular flexibility index (Phi) is 1.12. The third-order valence-electron chi connectivity index (χ3n) is 0.472. The van der Waals surface area contributed by atoms with Gasteiger partial charge < -0.3 is 4.29 Å². The fourth-order valence-electron chi connectivity index (χ4n) is 0.228. The van der Waals surface area contributed by atoms with Gasteiger partial charge in [0.05, 0.1) is 0 Å². The summed E-state index contributed by atoms with van der Waals surface area (Å²) < 4.78 is 4.12. The van der Waals surface area contributed by atoms with Gasteiger partial charge in [0.15, 0.2) is 0 Å². The molecular weight excluding hydrogens is 117 g/mol. The second kappa shape index (κ2) is 1.79. The van der Waals surface area contributed by atoms with Gasteiger partial charge >= 0.3 is 0 Å². The molecule has 1 aromatic rings. The molecule has 7 heavy (non-hydrogen) atoms. The summed E-state index contributed by atoms with van der Waals surface area (Å²) in [5.41, 5.74) is 0. The first kappa shape index (κ1) is 4.39. The molecule has 0 fully saturated rings. The number of nitrogens with one attached hydrogen (secondary N) is 1. The fourth-order valence-corrected chi connectivity index (χ4v) is 0.303. The zero-order valence-electron chi connectivity index (χ0n) is 3.26. The zero-order valence-corrected chi connectivity index (χ0v) is 4.01. The van der Waals surface area contributed by atoms with Gasteiger partial charge in [0.25, 0.3) is 5.88 Å². The van der Waals surface area contributed by atoms with Crippen molar-refractivity contribution in [1.82, 2.24) is 15.4 Å². The topological polar surface area (TPSA) is 50.8 Å². The average Bonchev–Trinajstić information content (AvgIpc) is 2.14. The van der Waals surface area contributed by atoms with Crippen molar-refractivity contribution in [3.05, 3.63) is 6.20 Å². The van der Waals surface area contributed by atoms with Crippen LogP contribution in [0.4, 0.5) is 0 Å². The molecule has 0 bridgehead atoms. The summed E-state index contributed by atoms with van der Waals surface area (Å²) in [6.07, 6.45) is 1.37. The van der Waals surface area contributed by atoms with Crippen molar-refractivity contribution in [2.45, 2.75) is 0 Å². The predicted molar refractivity (Wildman–Crippen MR) is 22.9 cm³/mol. The lowest BCUT2D eigenvalue weighted by atomic mass is 10.9. The highest BCUT2D eigenvalue weighted by Crippen LogP contribution is 1.99. The maximum Gasteiger partial charge on any atom is 0.275 e. The number of H-pyrrole nitrogens is 1. The minimum absolute atomic E-state index is 0.279. The van der Waals surface area contributed by atoms with Gasteiger partial charge in [0.2, 0.25) is 0 Å². The van der Waals surface area contributed by atoms with Crippen LogP contribution in [0.5, 0.6) is 5.88 Å². The van der Waals surface area contributed by atoms with E-state index in [4.69, 9.17) is 11.9 Å². The van der Waals surface area contributed by atoms with E-state index < -0.39 is 0 Å². The highest BCUT2D eigenvalue weighted by Gasteiger charge is 1.88. The van der Waals surface area contributed by atoms with Crippen molar-refractivity contribution in [3.8, 4) is 5.88 Å². The van der Waals surface area contributed by atoms with Gasteiger partial charge in [0, 0.05) is 0 Å². The van der Waals surface area contributed by atoms with Crippen molar-refractivity contribution >= 4 is 11.9 Å². The summed E-state index contributed by atoms with van der Waals surface area (Å²) in [6.45, 7) is 0. The van der Waals surface area contributed by atoms with Gasteiger partial charge in [0.1, 0.15) is 18.1 Å². The molecule has 0 radical (unpaired) electrons. The van der Waals surface area contributed by atoms with E-state index in [9.17, 15) is 0 Å². The van der Waals surface area contributed by atoms with Crippen LogP contribution in [0.25, 0.3) is 0 Å². The largest absolute Gasteiger partial charge is 0.361 e. The number of rotatable bonds is 1. The van der Waals surface area contributed by atoms with Crippen molar-refractivity contribution in [2.24, 2.45) is 0 Å². The van der Waals surface area contributed by atoms with Gasteiger partial charge in [-0.25, -0.2) is 0 Å². The van der Waals surface area contributed by atoms with Crippen LogP contribution in [-0.4, -0.2) is 15.4 Å². The molecule has 0 saturated carbocycles. The van der Waals surface area contributed by atoms with Crippen molar-refractivity contribution < 1.29 is 4.29 Å². The minimum atomic E-state index is 0.279. The van der Waals surface area contributed by atoms with Crippen LogP contribution in [0.2, 0.25) is 0 Å². The summed E-state index contributed by atoms with van der Waals surface area (Å²) in [5, 5.41) is 9.16. The van der Waals surface area contributed by atoms with Crippen LogP contribution < -0.4 is 4.29 Å². The minimum Gasteiger partial charge on any atom is -0.361 e. The number of halogens is 1. The lowest BCUT2D eigenvalue weighted by molar-refractivity contribution is 0.588. The number of aromatic amines is 1. The second-order valence-corrected chi connectivity index (χ2v) is 1.04. The van der Waals surface area contributed by atoms with Crippen LogP contribution in [0.15, 0.2) is 6.20 Å². The fraction of sp³-hybridized carbons (Fsp3) is 0. The maximum atomic E-state index is 4.85. The van der Waals surface area contributed by atoms with Crippen molar-refractivity contribution in [1.29, 1.82) is 0 Å². The Morgan fingerprint density at radius 1 is 1.86 bits per heavy atom. The Balaban J connectivity index is 2.76. The Morgan fingerprint density at radius 3 is 3.00 bits per heavy atom. The van der Waals surface area contributed by atoms with Gasteiger partial charge in [-0.3, -0.25) is 0 Å². The van der Waals surface area contributed by atoms with Gasteiger partial charge in [-0.15, -0.1) is 5.10 Å². The summed E-state index contributed by atoms with van der Waals surface area (Å²) in [4.78, 5) is 0. The van der Waals surface area contributed by atoms with E-state index in [2.05, 4.69) is 19.7 Å². The number of aromatic nitrogens is 3. The third kappa shape index (κ3) is 0.806. The summed E-state index contributed by atoms with van der Waals surface area (Å²) in [7, 11) is 0. The summed E-state index contributed by atoms with van der Waals surface area (Å²) in [6, 6.07) is 0. The van der Waals surface area contributed by atoms with Gasteiger partial charge in [-0.1, -0.05) is 0 Å². The summed E-state index contributed by atoms with van der Waals surface area (Å²) in [5.74, 6) is 0.279. The molecule has 0 spiro atoms. The van der Waals surface area contributed by atoms with E-state index in [-0.39, 0.29) is 5.88 Å². The monoisotopic (exact) mass is 119 g/mol. The van der Waals surface area contributed by atoms with Gasteiger partial charge in [-0.05, 0) is 0 Å². The number of hydrogen-bond acceptors (Lipinski definition) is 3. The van der Waals surface area contributed by atoms with E-state index >= 15 is 0 Å². The average molecular weight is 120 g/mol. The molecule has 4 nitrogen and oxygen atoms in total. The van der Waals surface area contributed by atoms with E-state index in [1.807, 2.05) is 0 Å². The van der Waals surface area contributed by atoms with Crippen LogP contribution >= 0.6 is 11.9 Å². The van der Waals surface area contributed by atoms with Crippen LogP contribution in [0.3, 0.4) is 0 Å². The molecule has 0 aromatic carbocycles. The maximum absolute atomic E-state index is 4.85. The molecular formula is C2H2ClN3O. The standard InChI is InChI=1S/C2H2ClN3O/c3-7-2-1-4-6-5-2/h1H,(H,4,5,6). The van der Waals surface area contributed by atoms with E-state index in [1.54, 1.807) is 0 Å². The SMILES string of the molecule is ClOc1cn[nH]n1. The zero-order chi connectivity index (χ0) is 5.11. The molecule has 1 heterocycles. The Bertz CT molecular complexity index is 127. The Labute approximate surface area is 44.6 Å². The first-order valence-corrected chi connectivity index (χ1v) is 1.88. The molecule has 0 aliphatic rings. The molecule has 38 valence electrons. The number of hydrogen-bond donors (Lipinski definition) is 1. The molecule has 1 N–H and O–H groups in total. The van der Waals surface area contributed by atoms with E-state index in [1.165, 1.54) is 6.20 Å². The third-order valence-corrected chi connectivity index (χ3v) is 0.630. The molecule has 0 aliphatic carbocycles. The van der Waals surface area contributed by atoms with Gasteiger partial charge in [-0.2, -0.15) is 10.3 Å². The molecule has 5 heteroatoms. The highest BCUT2D eigenvalue weighted by molar-refractivity contribution is 6.08. The molecule has 1 rings (SSSR count). The van der Waals surface area contributed by atoms with E-state index in [0.717, 1.165) is 0 Å². The van der Waals surface area contributed by atoms with Crippen LogP contribution in [0, 0.1) is 0 Å².